The summed E-state index contributed by atoms with van der Waals surface area (Å²) in [5.74, 6) is 0.976. The number of aryl methyl sites for hydroxylation is 1. The van der Waals surface area contributed by atoms with E-state index >= 15 is 0 Å². The Morgan fingerprint density at radius 1 is 1.13 bits per heavy atom. The number of ether oxygens (including phenoxy) is 1. The smallest absolute Gasteiger partial charge is 0.273 e. The molecule has 0 radical (unpaired) electrons. The first kappa shape index (κ1) is 21.2. The van der Waals surface area contributed by atoms with Gasteiger partial charge < -0.3 is 15.0 Å². The van der Waals surface area contributed by atoms with E-state index in [4.69, 9.17) is 4.74 Å². The Labute approximate surface area is 174 Å². The number of nitrogens with one attached hydrogen (secondary N) is 2. The van der Waals surface area contributed by atoms with Crippen LogP contribution < -0.4 is 15.6 Å². The molecule has 1 amide bonds. The first-order valence-corrected chi connectivity index (χ1v) is 10.0. The van der Waals surface area contributed by atoms with Crippen LogP contribution in [0.1, 0.15) is 37.6 Å². The summed E-state index contributed by atoms with van der Waals surface area (Å²) < 4.78 is 5.63. The molecule has 3 rings (SSSR count). The summed E-state index contributed by atoms with van der Waals surface area (Å²) in [5, 5.41) is 10.9. The highest BCUT2D eigenvalue weighted by Crippen LogP contribution is 2.18. The number of H-pyrrole nitrogens is 1. The number of carbonyl (C=O) groups excluding carboxylic acids is 1. The zero-order chi connectivity index (χ0) is 21.2. The number of carbonyl (C=O) groups is 1. The minimum absolute atomic E-state index is 0.147. The van der Waals surface area contributed by atoms with Crippen LogP contribution in [0, 0.1) is 0 Å². The third kappa shape index (κ3) is 6.23. The number of unbranched alkanes of at least 4 members (excludes halogenated alkanes) is 1. The minimum atomic E-state index is -0.346. The first-order valence-electron chi connectivity index (χ1n) is 10.0. The molecule has 0 aliphatic rings. The van der Waals surface area contributed by atoms with Crippen LogP contribution in [0.2, 0.25) is 0 Å². The van der Waals surface area contributed by atoms with Gasteiger partial charge in [0, 0.05) is 24.6 Å². The van der Waals surface area contributed by atoms with E-state index in [9.17, 15) is 9.59 Å². The van der Waals surface area contributed by atoms with Crippen LogP contribution in [0.3, 0.4) is 0 Å². The van der Waals surface area contributed by atoms with Crippen LogP contribution in [0.5, 0.6) is 5.75 Å². The fraction of sp³-hybridized carbons (Fsp3) is 0.318. The molecular formula is C22H25N5O3. The molecule has 8 heteroatoms. The van der Waals surface area contributed by atoms with Crippen molar-refractivity contribution in [3.8, 4) is 17.1 Å². The lowest BCUT2D eigenvalue weighted by molar-refractivity contribution is -0.121. The molecule has 0 aliphatic heterocycles. The van der Waals surface area contributed by atoms with E-state index in [2.05, 4.69) is 32.4 Å². The van der Waals surface area contributed by atoms with Crippen molar-refractivity contribution in [1.82, 2.24) is 25.5 Å². The van der Waals surface area contributed by atoms with Gasteiger partial charge in [0.25, 0.3) is 5.56 Å². The van der Waals surface area contributed by atoms with Crippen molar-refractivity contribution in [2.45, 2.75) is 39.2 Å². The number of benzene rings is 1. The number of hydrogen-bond acceptors (Lipinski definition) is 6. The van der Waals surface area contributed by atoms with Crippen molar-refractivity contribution in [3.63, 3.8) is 0 Å². The van der Waals surface area contributed by atoms with Gasteiger partial charge >= 0.3 is 0 Å². The Morgan fingerprint density at radius 2 is 1.97 bits per heavy atom. The van der Waals surface area contributed by atoms with Crippen LogP contribution in [0.4, 0.5) is 0 Å². The average Bonchev–Trinajstić information content (AvgIpc) is 2.78. The molecule has 8 nitrogen and oxygen atoms in total. The molecule has 0 atom stereocenters. The highest BCUT2D eigenvalue weighted by atomic mass is 16.5. The van der Waals surface area contributed by atoms with Gasteiger partial charge in [-0.3, -0.25) is 14.6 Å². The van der Waals surface area contributed by atoms with Crippen molar-refractivity contribution in [1.29, 1.82) is 0 Å². The predicted octanol–water partition coefficient (Wildman–Crippen LogP) is 2.65. The molecule has 0 bridgehead atoms. The Kier molecular flexibility index (Phi) is 7.65. The highest BCUT2D eigenvalue weighted by molar-refractivity contribution is 5.76. The number of hydrogen-bond donors (Lipinski definition) is 2. The number of aromatic amines is 1. The van der Waals surface area contributed by atoms with Crippen molar-refractivity contribution in [3.05, 3.63) is 70.4 Å². The summed E-state index contributed by atoms with van der Waals surface area (Å²) in [6, 6.07) is 12.8. The Balaban J connectivity index is 1.53. The molecule has 30 heavy (non-hydrogen) atoms. The van der Waals surface area contributed by atoms with Crippen LogP contribution in [-0.2, 0) is 17.8 Å². The molecule has 2 N–H and O–H groups in total. The fourth-order valence-electron chi connectivity index (χ4n) is 2.71. The molecule has 2 aromatic heterocycles. The van der Waals surface area contributed by atoms with Gasteiger partial charge in [0.15, 0.2) is 5.82 Å². The fourth-order valence-corrected chi connectivity index (χ4v) is 2.71. The average molecular weight is 407 g/mol. The standard InChI is InChI=1S/C22H25N5O3/c1-2-3-14-30-18-9-7-16(8-10-18)21-25-22(29)19(26-27-21)11-12-20(28)24-15-17-6-4-5-13-23-17/h4-10,13H,2-3,11-12,14-15H2,1H3,(H,24,28)(H,25,27,29). The van der Waals surface area contributed by atoms with E-state index in [-0.39, 0.29) is 30.0 Å². The zero-order valence-corrected chi connectivity index (χ0v) is 16.9. The van der Waals surface area contributed by atoms with Crippen molar-refractivity contribution in [2.75, 3.05) is 6.61 Å². The van der Waals surface area contributed by atoms with Gasteiger partial charge in [0.05, 0.1) is 18.8 Å². The second-order valence-corrected chi connectivity index (χ2v) is 6.77. The maximum Gasteiger partial charge on any atom is 0.273 e. The van der Waals surface area contributed by atoms with Crippen molar-refractivity contribution < 1.29 is 9.53 Å². The maximum atomic E-state index is 12.3. The summed E-state index contributed by atoms with van der Waals surface area (Å²) in [7, 11) is 0. The Bertz CT molecular complexity index is 1000. The van der Waals surface area contributed by atoms with E-state index in [1.807, 2.05) is 42.5 Å². The Hall–Kier alpha value is -3.55. The van der Waals surface area contributed by atoms with E-state index < -0.39 is 0 Å². The molecule has 0 spiro atoms. The van der Waals surface area contributed by atoms with Crippen LogP contribution in [0.25, 0.3) is 11.4 Å². The largest absolute Gasteiger partial charge is 0.494 e. The molecule has 0 fully saturated rings. The van der Waals surface area contributed by atoms with Gasteiger partial charge in [-0.15, -0.1) is 10.2 Å². The predicted molar refractivity (Wildman–Crippen MR) is 113 cm³/mol. The first-order chi connectivity index (χ1) is 14.7. The zero-order valence-electron chi connectivity index (χ0n) is 16.9. The number of rotatable bonds is 10. The number of pyridine rings is 1. The van der Waals surface area contributed by atoms with Gasteiger partial charge in [0.2, 0.25) is 5.91 Å². The molecule has 0 aliphatic carbocycles. The number of aromatic nitrogens is 4. The quantitative estimate of drug-likeness (QED) is 0.500. The molecule has 2 heterocycles. The molecule has 0 saturated carbocycles. The highest BCUT2D eigenvalue weighted by Gasteiger charge is 2.10. The maximum absolute atomic E-state index is 12.3. The minimum Gasteiger partial charge on any atom is -0.494 e. The molecule has 0 saturated heterocycles. The van der Waals surface area contributed by atoms with Crippen molar-refractivity contribution in [2.24, 2.45) is 0 Å². The Morgan fingerprint density at radius 3 is 2.67 bits per heavy atom. The van der Waals surface area contributed by atoms with E-state index in [0.717, 1.165) is 29.8 Å². The summed E-state index contributed by atoms with van der Waals surface area (Å²) in [4.78, 5) is 31.2. The lowest BCUT2D eigenvalue weighted by Gasteiger charge is -2.07. The van der Waals surface area contributed by atoms with Gasteiger partial charge in [-0.05, 0) is 42.8 Å². The topological polar surface area (TPSA) is 110 Å². The number of amides is 1. The summed E-state index contributed by atoms with van der Waals surface area (Å²) in [6.07, 6.45) is 4.11. The van der Waals surface area contributed by atoms with Crippen LogP contribution in [0.15, 0.2) is 53.5 Å². The van der Waals surface area contributed by atoms with Gasteiger partial charge in [-0.2, -0.15) is 0 Å². The summed E-state index contributed by atoms with van der Waals surface area (Å²) in [5.41, 5.74) is 1.39. The van der Waals surface area contributed by atoms with Gasteiger partial charge in [-0.25, -0.2) is 0 Å². The van der Waals surface area contributed by atoms with Crippen LogP contribution >= 0.6 is 0 Å². The molecule has 3 aromatic rings. The van der Waals surface area contributed by atoms with E-state index in [0.29, 0.717) is 19.0 Å². The number of nitrogens with zero attached hydrogens (tertiary/aromatic N) is 3. The van der Waals surface area contributed by atoms with Gasteiger partial charge in [-0.1, -0.05) is 19.4 Å². The molecular weight excluding hydrogens is 382 g/mol. The van der Waals surface area contributed by atoms with Gasteiger partial charge in [0.1, 0.15) is 11.4 Å². The summed E-state index contributed by atoms with van der Waals surface area (Å²) in [6.45, 7) is 3.13. The monoisotopic (exact) mass is 407 g/mol. The second-order valence-electron chi connectivity index (χ2n) is 6.77. The summed E-state index contributed by atoms with van der Waals surface area (Å²) >= 11 is 0. The molecule has 156 valence electrons. The van der Waals surface area contributed by atoms with E-state index in [1.54, 1.807) is 6.20 Å². The second kappa shape index (κ2) is 10.8. The molecule has 1 aromatic carbocycles. The molecule has 0 unspecified atom stereocenters. The van der Waals surface area contributed by atoms with E-state index in [1.165, 1.54) is 0 Å². The van der Waals surface area contributed by atoms with Crippen LogP contribution in [-0.4, -0.2) is 32.7 Å². The third-order valence-electron chi connectivity index (χ3n) is 4.44. The third-order valence-corrected chi connectivity index (χ3v) is 4.44. The lowest BCUT2D eigenvalue weighted by atomic mass is 10.2. The normalized spacial score (nSPS) is 10.6. The van der Waals surface area contributed by atoms with Crippen molar-refractivity contribution >= 4 is 5.91 Å². The lowest BCUT2D eigenvalue weighted by Crippen LogP contribution is -2.25. The SMILES string of the molecule is CCCCOc1ccc(-c2nnc(CCC(=O)NCc3ccccn3)c(=O)[nH]2)cc1.